The highest BCUT2D eigenvalue weighted by Gasteiger charge is 2.23. The maximum atomic E-state index is 12.9. The molecule has 2 aromatic carbocycles. The van der Waals surface area contributed by atoms with Crippen molar-refractivity contribution < 1.29 is 22.7 Å². The number of sulfone groups is 1. The van der Waals surface area contributed by atoms with Crippen molar-refractivity contribution in [3.8, 4) is 11.4 Å². The summed E-state index contributed by atoms with van der Waals surface area (Å²) >= 11 is 0. The highest BCUT2D eigenvalue weighted by Crippen LogP contribution is 2.23. The lowest BCUT2D eigenvalue weighted by Gasteiger charge is -2.11. The first kappa shape index (κ1) is 24.0. The molecule has 0 fully saturated rings. The zero-order valence-corrected chi connectivity index (χ0v) is 19.6. The van der Waals surface area contributed by atoms with E-state index in [1.54, 1.807) is 49.0 Å². The molecule has 1 N–H and O–H groups in total. The van der Waals surface area contributed by atoms with Crippen LogP contribution >= 0.6 is 0 Å². The Bertz CT molecular complexity index is 1370. The van der Waals surface area contributed by atoms with E-state index in [-0.39, 0.29) is 17.0 Å². The fraction of sp³-hybridized carbons (Fsp3) is 0.261. The zero-order chi connectivity index (χ0) is 24.3. The van der Waals surface area contributed by atoms with Crippen LogP contribution in [0.2, 0.25) is 0 Å². The van der Waals surface area contributed by atoms with Crippen LogP contribution in [0.15, 0.2) is 53.3 Å². The molecular weight excluding hydrogens is 446 g/mol. The number of aromatic nitrogens is 2. The summed E-state index contributed by atoms with van der Waals surface area (Å²) < 4.78 is 33.6. The first-order valence-electron chi connectivity index (χ1n) is 10.1. The first-order chi connectivity index (χ1) is 15.5. The van der Waals surface area contributed by atoms with Gasteiger partial charge in [0.25, 0.3) is 5.56 Å². The normalized spacial score (nSPS) is 11.3. The third-order valence-electron chi connectivity index (χ3n) is 5.23. The van der Waals surface area contributed by atoms with Gasteiger partial charge in [-0.3, -0.25) is 19.1 Å². The van der Waals surface area contributed by atoms with E-state index in [9.17, 15) is 22.8 Å². The van der Waals surface area contributed by atoms with E-state index >= 15 is 0 Å². The molecule has 0 aliphatic rings. The van der Waals surface area contributed by atoms with Crippen LogP contribution in [0.5, 0.6) is 5.75 Å². The fourth-order valence-corrected chi connectivity index (χ4v) is 4.76. The summed E-state index contributed by atoms with van der Waals surface area (Å²) in [5.74, 6) is -2.08. The lowest BCUT2D eigenvalue weighted by molar-refractivity contribution is -0.113. The number of Topliss-reactive ketones (excluding diaryl/α,β-unsaturated/α-hetero) is 1. The van der Waals surface area contributed by atoms with E-state index in [1.165, 1.54) is 30.8 Å². The van der Waals surface area contributed by atoms with Crippen LogP contribution < -0.4 is 15.6 Å². The molecule has 174 valence electrons. The number of anilines is 1. The zero-order valence-electron chi connectivity index (χ0n) is 18.8. The number of carbonyl (C=O) groups is 2. The van der Waals surface area contributed by atoms with Gasteiger partial charge in [0.2, 0.25) is 5.91 Å². The van der Waals surface area contributed by atoms with Gasteiger partial charge in [0.1, 0.15) is 17.2 Å². The van der Waals surface area contributed by atoms with Gasteiger partial charge >= 0.3 is 0 Å². The van der Waals surface area contributed by atoms with Gasteiger partial charge in [0.15, 0.2) is 15.6 Å². The van der Waals surface area contributed by atoms with Gasteiger partial charge in [-0.25, -0.2) is 13.1 Å². The van der Waals surface area contributed by atoms with E-state index in [2.05, 4.69) is 5.32 Å². The summed E-state index contributed by atoms with van der Waals surface area (Å²) in [4.78, 5) is 37.1. The summed E-state index contributed by atoms with van der Waals surface area (Å²) in [5.41, 5.74) is 1.25. The van der Waals surface area contributed by atoms with E-state index < -0.39 is 32.8 Å². The minimum atomic E-state index is -3.93. The molecule has 9 nitrogen and oxygen atoms in total. The SMILES string of the molecule is COc1ccc(C(C)=O)cc1CS(=O)(=O)CC(=O)Nc1c(C)n(C)n(-c2ccccc2)c1=O. The predicted molar refractivity (Wildman–Crippen MR) is 125 cm³/mol. The van der Waals surface area contributed by atoms with Crippen molar-refractivity contribution in [2.75, 3.05) is 18.2 Å². The summed E-state index contributed by atoms with van der Waals surface area (Å²) in [7, 11) is -0.868. The van der Waals surface area contributed by atoms with Crippen molar-refractivity contribution in [2.45, 2.75) is 19.6 Å². The van der Waals surface area contributed by atoms with Crippen molar-refractivity contribution in [3.63, 3.8) is 0 Å². The summed E-state index contributed by atoms with van der Waals surface area (Å²) in [6.07, 6.45) is 0. The van der Waals surface area contributed by atoms with Crippen LogP contribution in [-0.4, -0.2) is 42.3 Å². The smallest absolute Gasteiger partial charge is 0.295 e. The van der Waals surface area contributed by atoms with E-state index in [0.29, 0.717) is 22.7 Å². The molecule has 0 unspecified atom stereocenters. The molecule has 0 spiro atoms. The molecule has 1 amide bonds. The lowest BCUT2D eigenvalue weighted by Crippen LogP contribution is -2.27. The van der Waals surface area contributed by atoms with Gasteiger partial charge < -0.3 is 10.1 Å². The molecular formula is C23H25N3O6S. The number of hydrogen-bond donors (Lipinski definition) is 1. The Labute approximate surface area is 191 Å². The van der Waals surface area contributed by atoms with Crippen LogP contribution in [0.4, 0.5) is 5.69 Å². The summed E-state index contributed by atoms with van der Waals surface area (Å²) in [5, 5.41) is 2.45. The van der Waals surface area contributed by atoms with Gasteiger partial charge in [-0.2, -0.15) is 0 Å². The van der Waals surface area contributed by atoms with Crippen LogP contribution in [0.25, 0.3) is 5.69 Å². The standard InChI is InChI=1S/C23H25N3O6S/c1-15-22(23(29)26(25(15)3)19-8-6-5-7-9-19)24-21(28)14-33(30,31)13-18-12-17(16(2)27)10-11-20(18)32-4/h5-12H,13-14H2,1-4H3,(H,24,28). The molecule has 10 heteroatoms. The Kier molecular flexibility index (Phi) is 6.87. The lowest BCUT2D eigenvalue weighted by atomic mass is 10.1. The Morgan fingerprint density at radius 1 is 1.09 bits per heavy atom. The third-order valence-corrected chi connectivity index (χ3v) is 6.68. The van der Waals surface area contributed by atoms with Crippen molar-refractivity contribution >= 4 is 27.2 Å². The minimum Gasteiger partial charge on any atom is -0.496 e. The number of amides is 1. The number of hydrogen-bond acceptors (Lipinski definition) is 6. The highest BCUT2D eigenvalue weighted by atomic mass is 32.2. The third kappa shape index (κ3) is 5.23. The number of rotatable bonds is 8. The average molecular weight is 472 g/mol. The van der Waals surface area contributed by atoms with E-state index in [0.717, 1.165) is 0 Å². The largest absolute Gasteiger partial charge is 0.496 e. The molecule has 0 aliphatic carbocycles. The molecule has 0 saturated carbocycles. The Morgan fingerprint density at radius 3 is 2.36 bits per heavy atom. The maximum Gasteiger partial charge on any atom is 0.295 e. The number of nitrogens with one attached hydrogen (secondary N) is 1. The van der Waals surface area contributed by atoms with Gasteiger partial charge in [-0.05, 0) is 44.2 Å². The Balaban J connectivity index is 1.82. The second-order valence-electron chi connectivity index (χ2n) is 7.60. The molecule has 3 rings (SSSR count). The van der Waals surface area contributed by atoms with Gasteiger partial charge in [0, 0.05) is 18.2 Å². The monoisotopic (exact) mass is 471 g/mol. The number of ether oxygens (including phenoxy) is 1. The van der Waals surface area contributed by atoms with Crippen molar-refractivity contribution in [2.24, 2.45) is 7.05 Å². The molecule has 3 aromatic rings. The van der Waals surface area contributed by atoms with Crippen LogP contribution in [0.3, 0.4) is 0 Å². The molecule has 33 heavy (non-hydrogen) atoms. The quantitative estimate of drug-likeness (QED) is 0.504. The minimum absolute atomic E-state index is 0.0118. The molecule has 0 saturated heterocycles. The van der Waals surface area contributed by atoms with Gasteiger partial charge in [-0.1, -0.05) is 18.2 Å². The van der Waals surface area contributed by atoms with Crippen LogP contribution in [0.1, 0.15) is 28.5 Å². The first-order valence-corrected chi connectivity index (χ1v) is 11.9. The molecule has 1 aromatic heterocycles. The molecule has 0 radical (unpaired) electrons. The van der Waals surface area contributed by atoms with E-state index in [4.69, 9.17) is 4.74 Å². The Morgan fingerprint density at radius 2 is 1.76 bits per heavy atom. The van der Waals surface area contributed by atoms with Crippen molar-refractivity contribution in [1.29, 1.82) is 0 Å². The van der Waals surface area contributed by atoms with Crippen molar-refractivity contribution in [3.05, 3.63) is 75.7 Å². The number of ketones is 1. The predicted octanol–water partition coefficient (Wildman–Crippen LogP) is 2.25. The number of nitrogens with zero attached hydrogens (tertiary/aromatic N) is 2. The van der Waals surface area contributed by atoms with Gasteiger partial charge in [-0.15, -0.1) is 0 Å². The van der Waals surface area contributed by atoms with Crippen molar-refractivity contribution in [1.82, 2.24) is 9.36 Å². The second-order valence-corrected chi connectivity index (χ2v) is 9.66. The maximum absolute atomic E-state index is 12.9. The molecule has 0 bridgehead atoms. The molecule has 0 atom stereocenters. The number of methoxy groups -OCH3 is 1. The summed E-state index contributed by atoms with van der Waals surface area (Å²) in [6.45, 7) is 3.03. The average Bonchev–Trinajstić information content (AvgIpc) is 2.96. The number of para-hydroxylation sites is 1. The fourth-order valence-electron chi connectivity index (χ4n) is 3.49. The number of carbonyl (C=O) groups excluding carboxylic acids is 2. The Hall–Kier alpha value is -3.66. The number of benzene rings is 2. The van der Waals surface area contributed by atoms with E-state index in [1.807, 2.05) is 6.07 Å². The van der Waals surface area contributed by atoms with Crippen LogP contribution in [0, 0.1) is 6.92 Å². The molecule has 1 heterocycles. The highest BCUT2D eigenvalue weighted by molar-refractivity contribution is 7.91. The molecule has 0 aliphatic heterocycles. The van der Waals surface area contributed by atoms with Gasteiger partial charge in [0.05, 0.1) is 24.2 Å². The topological polar surface area (TPSA) is 116 Å². The summed E-state index contributed by atoms with van der Waals surface area (Å²) in [6, 6.07) is 13.4. The van der Waals surface area contributed by atoms with Crippen LogP contribution in [-0.2, 0) is 27.4 Å². The second kappa shape index (κ2) is 9.45.